The van der Waals surface area contributed by atoms with Crippen molar-refractivity contribution < 1.29 is 28.5 Å². The van der Waals surface area contributed by atoms with Crippen LogP contribution in [-0.2, 0) is 4.79 Å². The van der Waals surface area contributed by atoms with Gasteiger partial charge < -0.3 is 24.3 Å². The number of carbonyl (C=O) groups excluding carboxylic acids is 2. The number of rotatable bonds is 11. The molecule has 2 amide bonds. The van der Waals surface area contributed by atoms with Crippen molar-refractivity contribution in [3.63, 3.8) is 0 Å². The van der Waals surface area contributed by atoms with E-state index in [2.05, 4.69) is 15.8 Å². The van der Waals surface area contributed by atoms with E-state index in [9.17, 15) is 9.59 Å². The van der Waals surface area contributed by atoms with Crippen LogP contribution in [0.2, 0.25) is 0 Å². The Labute approximate surface area is 187 Å². The number of nitrogens with zero attached hydrogens (tertiary/aromatic N) is 1. The molecule has 0 radical (unpaired) electrons. The predicted octanol–water partition coefficient (Wildman–Crippen LogP) is 2.77. The number of methoxy groups -OCH3 is 2. The zero-order chi connectivity index (χ0) is 23.5. The summed E-state index contributed by atoms with van der Waals surface area (Å²) in [5, 5.41) is 6.46. The second-order valence-corrected chi connectivity index (χ2v) is 6.85. The van der Waals surface area contributed by atoms with Crippen molar-refractivity contribution in [3.05, 3.63) is 47.5 Å². The van der Waals surface area contributed by atoms with Crippen molar-refractivity contribution in [1.82, 2.24) is 10.7 Å². The summed E-state index contributed by atoms with van der Waals surface area (Å²) in [5.41, 5.74) is 3.44. The van der Waals surface area contributed by atoms with Crippen LogP contribution >= 0.6 is 0 Å². The third kappa shape index (κ3) is 7.19. The van der Waals surface area contributed by atoms with Crippen LogP contribution in [0.4, 0.5) is 0 Å². The number of amides is 2. The molecule has 2 aromatic rings. The molecule has 32 heavy (non-hydrogen) atoms. The standard InChI is InChI=1S/C23H29N3O6/c1-6-31-21-11-16(7-9-19(21)32-15(2)3)13-25-26-22(27)14-24-23(28)17-8-10-18(29-4)20(12-17)30-5/h7-13,15H,6,14H2,1-5H3,(H,24,28)(H,26,27). The first-order chi connectivity index (χ1) is 15.4. The summed E-state index contributed by atoms with van der Waals surface area (Å²) in [6, 6.07) is 10.1. The van der Waals surface area contributed by atoms with Gasteiger partial charge in [-0.15, -0.1) is 0 Å². The van der Waals surface area contributed by atoms with Crippen LogP contribution in [-0.4, -0.2) is 51.5 Å². The fourth-order valence-electron chi connectivity index (χ4n) is 2.68. The maximum Gasteiger partial charge on any atom is 0.259 e. The molecule has 0 bridgehead atoms. The first-order valence-electron chi connectivity index (χ1n) is 10.1. The zero-order valence-electron chi connectivity index (χ0n) is 18.9. The lowest BCUT2D eigenvalue weighted by atomic mass is 10.2. The molecule has 2 N–H and O–H groups in total. The Morgan fingerprint density at radius 2 is 1.72 bits per heavy atom. The van der Waals surface area contributed by atoms with Crippen LogP contribution < -0.4 is 29.7 Å². The molecule has 0 fully saturated rings. The number of hydrogen-bond acceptors (Lipinski definition) is 7. The van der Waals surface area contributed by atoms with Crippen LogP contribution in [0.5, 0.6) is 23.0 Å². The average molecular weight is 444 g/mol. The van der Waals surface area contributed by atoms with Gasteiger partial charge in [-0.1, -0.05) is 0 Å². The molecule has 2 aromatic carbocycles. The highest BCUT2D eigenvalue weighted by molar-refractivity contribution is 5.97. The van der Waals surface area contributed by atoms with Crippen LogP contribution in [0.1, 0.15) is 36.7 Å². The molecule has 0 heterocycles. The summed E-state index contributed by atoms with van der Waals surface area (Å²) >= 11 is 0. The molecule has 0 atom stereocenters. The number of hydrazone groups is 1. The van der Waals surface area contributed by atoms with E-state index in [1.54, 1.807) is 30.3 Å². The lowest BCUT2D eigenvalue weighted by Crippen LogP contribution is -2.34. The van der Waals surface area contributed by atoms with Crippen molar-refractivity contribution in [2.75, 3.05) is 27.4 Å². The summed E-state index contributed by atoms with van der Waals surface area (Å²) < 4.78 is 21.6. The summed E-state index contributed by atoms with van der Waals surface area (Å²) in [7, 11) is 2.99. The number of benzene rings is 2. The predicted molar refractivity (Wildman–Crippen MR) is 121 cm³/mol. The molecule has 0 saturated heterocycles. The highest BCUT2D eigenvalue weighted by atomic mass is 16.5. The number of ether oxygens (including phenoxy) is 4. The zero-order valence-corrected chi connectivity index (χ0v) is 18.9. The molecule has 9 nitrogen and oxygen atoms in total. The maximum atomic E-state index is 12.3. The molecule has 0 saturated carbocycles. The lowest BCUT2D eigenvalue weighted by molar-refractivity contribution is -0.120. The summed E-state index contributed by atoms with van der Waals surface area (Å²) in [5.74, 6) is 1.27. The molecule has 0 unspecified atom stereocenters. The van der Waals surface area contributed by atoms with Crippen LogP contribution in [0, 0.1) is 0 Å². The highest BCUT2D eigenvalue weighted by Crippen LogP contribution is 2.29. The van der Waals surface area contributed by atoms with Crippen molar-refractivity contribution in [2.45, 2.75) is 26.9 Å². The van der Waals surface area contributed by atoms with Gasteiger partial charge in [0, 0.05) is 5.56 Å². The van der Waals surface area contributed by atoms with Gasteiger partial charge in [0.15, 0.2) is 23.0 Å². The van der Waals surface area contributed by atoms with E-state index in [4.69, 9.17) is 18.9 Å². The van der Waals surface area contributed by atoms with E-state index in [1.807, 2.05) is 20.8 Å². The summed E-state index contributed by atoms with van der Waals surface area (Å²) in [6.07, 6.45) is 1.50. The summed E-state index contributed by atoms with van der Waals surface area (Å²) in [4.78, 5) is 24.3. The Bertz CT molecular complexity index is 959. The van der Waals surface area contributed by atoms with Crippen LogP contribution in [0.3, 0.4) is 0 Å². The van der Waals surface area contributed by atoms with Gasteiger partial charge in [0.1, 0.15) is 0 Å². The topological polar surface area (TPSA) is 107 Å². The first kappa shape index (κ1) is 24.5. The fraction of sp³-hybridized carbons (Fsp3) is 0.348. The largest absolute Gasteiger partial charge is 0.493 e. The maximum absolute atomic E-state index is 12.3. The SMILES string of the molecule is CCOc1cc(C=NNC(=O)CNC(=O)c2ccc(OC)c(OC)c2)ccc1OC(C)C. The van der Waals surface area contributed by atoms with E-state index in [0.29, 0.717) is 35.2 Å². The van der Waals surface area contributed by atoms with Crippen molar-refractivity contribution >= 4 is 18.0 Å². The molecule has 0 aliphatic heterocycles. The van der Waals surface area contributed by atoms with Gasteiger partial charge in [-0.05, 0) is 62.7 Å². The third-order valence-corrected chi connectivity index (χ3v) is 4.09. The van der Waals surface area contributed by atoms with Gasteiger partial charge >= 0.3 is 0 Å². The van der Waals surface area contributed by atoms with E-state index in [-0.39, 0.29) is 12.6 Å². The van der Waals surface area contributed by atoms with E-state index in [1.165, 1.54) is 26.5 Å². The minimum Gasteiger partial charge on any atom is -0.493 e. The highest BCUT2D eigenvalue weighted by Gasteiger charge is 2.12. The molecule has 0 aliphatic carbocycles. The van der Waals surface area contributed by atoms with Crippen LogP contribution in [0.15, 0.2) is 41.5 Å². The normalized spacial score (nSPS) is 10.7. The molecule has 172 valence electrons. The average Bonchev–Trinajstić information content (AvgIpc) is 2.78. The number of hydrogen-bond donors (Lipinski definition) is 2. The Kier molecular flexibility index (Phi) is 9.34. The first-order valence-corrected chi connectivity index (χ1v) is 10.1. The Morgan fingerprint density at radius 3 is 2.38 bits per heavy atom. The number of nitrogens with one attached hydrogen (secondary N) is 2. The van der Waals surface area contributed by atoms with Gasteiger partial charge in [-0.2, -0.15) is 5.10 Å². The van der Waals surface area contributed by atoms with E-state index in [0.717, 1.165) is 5.56 Å². The van der Waals surface area contributed by atoms with Gasteiger partial charge in [0.25, 0.3) is 11.8 Å². The monoisotopic (exact) mass is 443 g/mol. The van der Waals surface area contributed by atoms with E-state index < -0.39 is 11.8 Å². The van der Waals surface area contributed by atoms with Crippen molar-refractivity contribution in [1.29, 1.82) is 0 Å². The molecule has 0 spiro atoms. The van der Waals surface area contributed by atoms with Crippen LogP contribution in [0.25, 0.3) is 0 Å². The van der Waals surface area contributed by atoms with Gasteiger partial charge in [0.2, 0.25) is 0 Å². The van der Waals surface area contributed by atoms with Gasteiger partial charge in [0.05, 0.1) is 39.7 Å². The minimum atomic E-state index is -0.472. The Balaban J connectivity index is 1.91. The van der Waals surface area contributed by atoms with Crippen molar-refractivity contribution in [3.8, 4) is 23.0 Å². The number of carbonyl (C=O) groups is 2. The van der Waals surface area contributed by atoms with Crippen molar-refractivity contribution in [2.24, 2.45) is 5.10 Å². The fourth-order valence-corrected chi connectivity index (χ4v) is 2.68. The second-order valence-electron chi connectivity index (χ2n) is 6.85. The Hall–Kier alpha value is -3.75. The lowest BCUT2D eigenvalue weighted by Gasteiger charge is -2.14. The molecule has 9 heteroatoms. The molecular formula is C23H29N3O6. The second kappa shape index (κ2) is 12.2. The van der Waals surface area contributed by atoms with E-state index >= 15 is 0 Å². The van der Waals surface area contributed by atoms with Gasteiger partial charge in [-0.3, -0.25) is 9.59 Å². The summed E-state index contributed by atoms with van der Waals surface area (Å²) in [6.45, 7) is 6.01. The Morgan fingerprint density at radius 1 is 1.00 bits per heavy atom. The molecule has 0 aliphatic rings. The quantitative estimate of drug-likeness (QED) is 0.409. The molecule has 2 rings (SSSR count). The third-order valence-electron chi connectivity index (χ3n) is 4.09. The smallest absolute Gasteiger partial charge is 0.259 e. The minimum absolute atomic E-state index is 0.0159. The molecular weight excluding hydrogens is 414 g/mol. The van der Waals surface area contributed by atoms with Gasteiger partial charge in [-0.25, -0.2) is 5.43 Å². The molecule has 0 aromatic heterocycles.